The number of halogens is 1. The smallest absolute Gasteiger partial charge is 0.161 e. The number of imidazole rings is 1. The molecule has 0 saturated carbocycles. The van der Waals surface area contributed by atoms with Gasteiger partial charge in [0.25, 0.3) is 0 Å². The minimum atomic E-state index is -0.867. The summed E-state index contributed by atoms with van der Waals surface area (Å²) in [6.45, 7) is 3.88. The second-order valence-electron chi connectivity index (χ2n) is 8.10. The van der Waals surface area contributed by atoms with E-state index in [0.29, 0.717) is 17.1 Å². The van der Waals surface area contributed by atoms with Gasteiger partial charge in [-0.3, -0.25) is 4.68 Å². The number of hydrogen-bond acceptors (Lipinski definition) is 5. The number of nitriles is 1. The van der Waals surface area contributed by atoms with E-state index in [9.17, 15) is 5.11 Å². The Kier molecular flexibility index (Phi) is 6.11. The quantitative estimate of drug-likeness (QED) is 0.414. The fraction of sp³-hybridized carbons (Fsp3) is 0.208. The van der Waals surface area contributed by atoms with Crippen molar-refractivity contribution >= 4 is 23.4 Å². The molecule has 4 rings (SSSR count). The number of rotatable bonds is 6. The summed E-state index contributed by atoms with van der Waals surface area (Å²) < 4.78 is 3.74. The molecule has 0 saturated heterocycles. The van der Waals surface area contributed by atoms with E-state index in [1.54, 1.807) is 42.4 Å². The van der Waals surface area contributed by atoms with E-state index < -0.39 is 5.60 Å². The molecule has 0 bridgehead atoms. The van der Waals surface area contributed by atoms with Gasteiger partial charge in [0.05, 0.1) is 23.8 Å². The molecule has 0 radical (unpaired) electrons. The minimum absolute atomic E-state index is 0.381. The maximum Gasteiger partial charge on any atom is 0.161 e. The van der Waals surface area contributed by atoms with Crippen LogP contribution in [0.15, 0.2) is 70.7 Å². The highest BCUT2D eigenvalue weighted by molar-refractivity contribution is 7.99. The monoisotopic (exact) mass is 463 g/mol. The van der Waals surface area contributed by atoms with Gasteiger partial charge in [-0.2, -0.15) is 10.4 Å². The van der Waals surface area contributed by atoms with Crippen LogP contribution in [0.25, 0.3) is 22.8 Å². The Morgan fingerprint density at radius 2 is 1.78 bits per heavy atom. The van der Waals surface area contributed by atoms with Crippen LogP contribution in [-0.4, -0.2) is 30.0 Å². The highest BCUT2D eigenvalue weighted by Crippen LogP contribution is 2.38. The van der Waals surface area contributed by atoms with Gasteiger partial charge in [0, 0.05) is 28.7 Å². The van der Waals surface area contributed by atoms with Gasteiger partial charge in [-0.05, 0) is 56.3 Å². The molecule has 2 aromatic carbocycles. The maximum absolute atomic E-state index is 10.1. The highest BCUT2D eigenvalue weighted by Gasteiger charge is 2.21. The second-order valence-corrected chi connectivity index (χ2v) is 9.60. The summed E-state index contributed by atoms with van der Waals surface area (Å²) >= 11 is 7.64. The summed E-state index contributed by atoms with van der Waals surface area (Å²) in [4.78, 5) is 5.96. The molecule has 0 spiro atoms. The molecule has 0 unspecified atom stereocenters. The van der Waals surface area contributed by atoms with E-state index in [2.05, 4.69) is 11.2 Å². The molecule has 162 valence electrons. The van der Waals surface area contributed by atoms with Crippen molar-refractivity contribution in [1.29, 1.82) is 5.26 Å². The number of aliphatic hydroxyl groups is 1. The first-order valence-electron chi connectivity index (χ1n) is 10.0. The molecule has 2 aromatic heterocycles. The Morgan fingerprint density at radius 1 is 1.09 bits per heavy atom. The van der Waals surface area contributed by atoms with Gasteiger partial charge in [0.1, 0.15) is 16.4 Å². The molecule has 0 fully saturated rings. The van der Waals surface area contributed by atoms with Crippen molar-refractivity contribution in [3.63, 3.8) is 0 Å². The van der Waals surface area contributed by atoms with Crippen LogP contribution in [0.3, 0.4) is 0 Å². The van der Waals surface area contributed by atoms with Crippen molar-refractivity contribution in [3.8, 4) is 28.8 Å². The molecule has 0 aliphatic rings. The van der Waals surface area contributed by atoms with Crippen LogP contribution in [0.1, 0.15) is 19.4 Å². The van der Waals surface area contributed by atoms with Crippen molar-refractivity contribution in [2.24, 2.45) is 7.05 Å². The third kappa shape index (κ3) is 4.89. The van der Waals surface area contributed by atoms with E-state index in [0.717, 1.165) is 32.7 Å². The highest BCUT2D eigenvalue weighted by atomic mass is 35.5. The first-order valence-corrected chi connectivity index (χ1v) is 11.2. The standard InChI is InChI=1S/C24H22ClN5OS/c1-24(2,31)15-30-13-12-20(28-30)22-27-21(17-6-4-16(14-26)5-7-17)23(29(22)3)32-19-10-8-18(25)9-11-19/h4-13,31H,15H2,1-3H3. The number of benzene rings is 2. The SMILES string of the molecule is Cn1c(-c2ccn(CC(C)(C)O)n2)nc(-c2ccc(C#N)cc2)c1Sc1ccc(Cl)cc1. The fourth-order valence-corrected chi connectivity index (χ4v) is 4.41. The average molecular weight is 464 g/mol. The third-order valence-electron chi connectivity index (χ3n) is 4.78. The van der Waals surface area contributed by atoms with Crippen LogP contribution in [-0.2, 0) is 13.6 Å². The lowest BCUT2D eigenvalue weighted by Gasteiger charge is -2.16. The average Bonchev–Trinajstić information content (AvgIpc) is 3.33. The molecule has 0 atom stereocenters. The summed E-state index contributed by atoms with van der Waals surface area (Å²) in [6, 6.07) is 19.1. The Labute approximate surface area is 196 Å². The van der Waals surface area contributed by atoms with E-state index in [1.807, 2.05) is 60.3 Å². The summed E-state index contributed by atoms with van der Waals surface area (Å²) in [7, 11) is 1.96. The van der Waals surface area contributed by atoms with Crippen LogP contribution in [0.5, 0.6) is 0 Å². The van der Waals surface area contributed by atoms with Gasteiger partial charge in [-0.1, -0.05) is 35.5 Å². The normalized spacial score (nSPS) is 11.5. The van der Waals surface area contributed by atoms with Crippen LogP contribution >= 0.6 is 23.4 Å². The van der Waals surface area contributed by atoms with Crippen molar-refractivity contribution in [2.75, 3.05) is 0 Å². The predicted octanol–water partition coefficient (Wildman–Crippen LogP) is 5.40. The van der Waals surface area contributed by atoms with Crippen LogP contribution in [0.4, 0.5) is 0 Å². The van der Waals surface area contributed by atoms with Crippen molar-refractivity contribution in [2.45, 2.75) is 35.9 Å². The lowest BCUT2D eigenvalue weighted by atomic mass is 10.1. The van der Waals surface area contributed by atoms with Crippen LogP contribution in [0, 0.1) is 11.3 Å². The molecule has 0 amide bonds. The Balaban J connectivity index is 1.79. The van der Waals surface area contributed by atoms with Gasteiger partial charge in [-0.25, -0.2) is 4.98 Å². The lowest BCUT2D eigenvalue weighted by molar-refractivity contribution is 0.0578. The van der Waals surface area contributed by atoms with E-state index in [1.165, 1.54) is 0 Å². The zero-order valence-electron chi connectivity index (χ0n) is 18.0. The van der Waals surface area contributed by atoms with E-state index in [-0.39, 0.29) is 0 Å². The van der Waals surface area contributed by atoms with Crippen LogP contribution in [0.2, 0.25) is 5.02 Å². The zero-order valence-corrected chi connectivity index (χ0v) is 19.5. The minimum Gasteiger partial charge on any atom is -0.389 e. The van der Waals surface area contributed by atoms with Gasteiger partial charge in [0.15, 0.2) is 5.82 Å². The molecule has 0 aliphatic heterocycles. The van der Waals surface area contributed by atoms with Crippen molar-refractivity contribution < 1.29 is 5.11 Å². The Morgan fingerprint density at radius 3 is 2.41 bits per heavy atom. The third-order valence-corrected chi connectivity index (χ3v) is 6.20. The second kappa shape index (κ2) is 8.83. The Bertz CT molecular complexity index is 1280. The van der Waals surface area contributed by atoms with Gasteiger partial charge in [0.2, 0.25) is 0 Å². The van der Waals surface area contributed by atoms with Crippen molar-refractivity contribution in [3.05, 3.63) is 71.4 Å². The fourth-order valence-electron chi connectivity index (χ4n) is 3.30. The van der Waals surface area contributed by atoms with Gasteiger partial charge in [-0.15, -0.1) is 0 Å². The van der Waals surface area contributed by atoms with Gasteiger partial charge >= 0.3 is 0 Å². The van der Waals surface area contributed by atoms with E-state index in [4.69, 9.17) is 21.8 Å². The predicted molar refractivity (Wildman–Crippen MR) is 126 cm³/mol. The zero-order chi connectivity index (χ0) is 22.9. The molecular weight excluding hydrogens is 442 g/mol. The maximum atomic E-state index is 10.1. The lowest BCUT2D eigenvalue weighted by Crippen LogP contribution is -2.26. The van der Waals surface area contributed by atoms with E-state index >= 15 is 0 Å². The molecule has 1 N–H and O–H groups in total. The molecule has 6 nitrogen and oxygen atoms in total. The number of hydrogen-bond donors (Lipinski definition) is 1. The molecule has 32 heavy (non-hydrogen) atoms. The first kappa shape index (κ1) is 22.2. The van der Waals surface area contributed by atoms with Crippen molar-refractivity contribution in [1.82, 2.24) is 19.3 Å². The molecule has 2 heterocycles. The first-order chi connectivity index (χ1) is 15.2. The Hall–Kier alpha value is -3.05. The summed E-state index contributed by atoms with van der Waals surface area (Å²) in [6.07, 6.45) is 1.84. The molecular formula is C24H22ClN5OS. The van der Waals surface area contributed by atoms with Crippen LogP contribution < -0.4 is 0 Å². The molecule has 4 aromatic rings. The van der Waals surface area contributed by atoms with Gasteiger partial charge < -0.3 is 9.67 Å². The topological polar surface area (TPSA) is 79.7 Å². The summed E-state index contributed by atoms with van der Waals surface area (Å²) in [5, 5.41) is 25.5. The summed E-state index contributed by atoms with van der Waals surface area (Å²) in [5.74, 6) is 0.718. The largest absolute Gasteiger partial charge is 0.389 e. The summed E-state index contributed by atoms with van der Waals surface area (Å²) in [5.41, 5.74) is 2.17. The number of nitrogens with zero attached hydrogens (tertiary/aromatic N) is 5. The molecule has 0 aliphatic carbocycles. The number of aromatic nitrogens is 4. The molecule has 8 heteroatoms.